The summed E-state index contributed by atoms with van der Waals surface area (Å²) < 4.78 is 0. The number of carboxylic acids is 1. The zero-order chi connectivity index (χ0) is 15.3. The van der Waals surface area contributed by atoms with Gasteiger partial charge < -0.3 is 15.7 Å². The van der Waals surface area contributed by atoms with E-state index in [9.17, 15) is 9.59 Å². The minimum atomic E-state index is -0.937. The first-order valence-corrected chi connectivity index (χ1v) is 6.68. The first kappa shape index (κ1) is 16.2. The highest BCUT2D eigenvalue weighted by Crippen LogP contribution is 2.18. The molecule has 5 heteroatoms. The number of rotatable bonds is 6. The van der Waals surface area contributed by atoms with Gasteiger partial charge in [-0.1, -0.05) is 31.5 Å². The molecule has 0 aromatic heterocycles. The van der Waals surface area contributed by atoms with Crippen LogP contribution in [0.1, 0.15) is 25.8 Å². The number of anilines is 1. The Kier molecular flexibility index (Phi) is 5.70. The number of amides is 1. The van der Waals surface area contributed by atoms with E-state index in [2.05, 4.69) is 0 Å². The molecule has 0 radical (unpaired) electrons. The largest absolute Gasteiger partial charge is 0.481 e. The number of nitrogens with two attached hydrogens (primary N) is 1. The monoisotopic (exact) mass is 278 g/mol. The molecule has 0 aliphatic carbocycles. The van der Waals surface area contributed by atoms with Crippen LogP contribution in [0.3, 0.4) is 0 Å². The molecule has 1 aromatic rings. The summed E-state index contributed by atoms with van der Waals surface area (Å²) in [6.45, 7) is 5.81. The van der Waals surface area contributed by atoms with Crippen molar-refractivity contribution in [1.82, 2.24) is 0 Å². The van der Waals surface area contributed by atoms with Crippen LogP contribution >= 0.6 is 0 Å². The van der Waals surface area contributed by atoms with Crippen molar-refractivity contribution in [2.45, 2.75) is 33.2 Å². The molecule has 1 rings (SSSR count). The number of hydrogen-bond acceptors (Lipinski definition) is 3. The maximum Gasteiger partial charge on any atom is 0.305 e. The molecule has 110 valence electrons. The van der Waals surface area contributed by atoms with Gasteiger partial charge in [0.15, 0.2) is 0 Å². The van der Waals surface area contributed by atoms with E-state index in [0.717, 1.165) is 5.56 Å². The van der Waals surface area contributed by atoms with Crippen molar-refractivity contribution in [3.8, 4) is 0 Å². The molecule has 0 fully saturated rings. The smallest absolute Gasteiger partial charge is 0.305 e. The van der Waals surface area contributed by atoms with Crippen molar-refractivity contribution in [2.24, 2.45) is 11.7 Å². The molecule has 0 aliphatic rings. The van der Waals surface area contributed by atoms with Crippen molar-refractivity contribution in [3.63, 3.8) is 0 Å². The Morgan fingerprint density at radius 2 is 1.80 bits per heavy atom. The van der Waals surface area contributed by atoms with Crippen molar-refractivity contribution in [3.05, 3.63) is 29.8 Å². The molecular formula is C15H22N2O3. The molecule has 0 heterocycles. The molecule has 0 aliphatic heterocycles. The zero-order valence-corrected chi connectivity index (χ0v) is 12.2. The minimum absolute atomic E-state index is 0.000256. The second-order valence-corrected chi connectivity index (χ2v) is 5.24. The quantitative estimate of drug-likeness (QED) is 0.831. The topological polar surface area (TPSA) is 83.6 Å². The summed E-state index contributed by atoms with van der Waals surface area (Å²) in [5.74, 6) is -1.18. The van der Waals surface area contributed by atoms with Gasteiger partial charge in [0.25, 0.3) is 0 Å². The van der Waals surface area contributed by atoms with Crippen molar-refractivity contribution in [2.75, 3.05) is 11.4 Å². The van der Waals surface area contributed by atoms with Crippen LogP contribution in [0.4, 0.5) is 5.69 Å². The van der Waals surface area contributed by atoms with E-state index in [1.54, 1.807) is 0 Å². The van der Waals surface area contributed by atoms with Crippen LogP contribution in [0.2, 0.25) is 0 Å². The second-order valence-electron chi connectivity index (χ2n) is 5.24. The Hall–Kier alpha value is -1.88. The zero-order valence-electron chi connectivity index (χ0n) is 12.2. The highest BCUT2D eigenvalue weighted by atomic mass is 16.4. The lowest BCUT2D eigenvalue weighted by Gasteiger charge is -2.27. The third kappa shape index (κ3) is 4.35. The van der Waals surface area contributed by atoms with E-state index in [0.29, 0.717) is 5.69 Å². The Morgan fingerprint density at radius 1 is 1.25 bits per heavy atom. The van der Waals surface area contributed by atoms with Gasteiger partial charge in [-0.05, 0) is 25.0 Å². The predicted molar refractivity (Wildman–Crippen MR) is 78.6 cm³/mol. The molecule has 1 amide bonds. The molecule has 1 aromatic carbocycles. The number of benzene rings is 1. The maximum atomic E-state index is 12.4. The van der Waals surface area contributed by atoms with E-state index in [1.165, 1.54) is 4.90 Å². The summed E-state index contributed by atoms with van der Waals surface area (Å²) in [6.07, 6.45) is -0.107. The second kappa shape index (κ2) is 7.05. The molecule has 5 nitrogen and oxygen atoms in total. The van der Waals surface area contributed by atoms with E-state index >= 15 is 0 Å². The van der Waals surface area contributed by atoms with Gasteiger partial charge in [-0.15, -0.1) is 0 Å². The summed E-state index contributed by atoms with van der Waals surface area (Å²) in [5.41, 5.74) is 7.65. The van der Waals surface area contributed by atoms with Crippen LogP contribution < -0.4 is 10.6 Å². The average Bonchev–Trinajstić information content (AvgIpc) is 2.39. The Balaban J connectivity index is 2.98. The molecular weight excluding hydrogens is 256 g/mol. The molecule has 0 bridgehead atoms. The number of carboxylic acid groups (broad SMARTS) is 1. The van der Waals surface area contributed by atoms with Gasteiger partial charge in [-0.2, -0.15) is 0 Å². The van der Waals surface area contributed by atoms with Crippen molar-refractivity contribution in [1.29, 1.82) is 0 Å². The number of carbonyl (C=O) groups excluding carboxylic acids is 1. The molecule has 0 spiro atoms. The molecule has 0 saturated carbocycles. The van der Waals surface area contributed by atoms with Gasteiger partial charge in [0.1, 0.15) is 0 Å². The van der Waals surface area contributed by atoms with Gasteiger partial charge in [0.2, 0.25) is 5.91 Å². The van der Waals surface area contributed by atoms with Gasteiger partial charge in [-0.3, -0.25) is 9.59 Å². The first-order valence-electron chi connectivity index (χ1n) is 6.68. The van der Waals surface area contributed by atoms with E-state index in [1.807, 2.05) is 45.0 Å². The lowest BCUT2D eigenvalue weighted by atomic mass is 10.0. The lowest BCUT2D eigenvalue weighted by molar-refractivity contribution is -0.136. The van der Waals surface area contributed by atoms with Crippen LogP contribution in [0.15, 0.2) is 24.3 Å². The molecule has 0 unspecified atom stereocenters. The highest BCUT2D eigenvalue weighted by Gasteiger charge is 2.25. The van der Waals surface area contributed by atoms with E-state index in [4.69, 9.17) is 10.8 Å². The number of aryl methyl sites for hydroxylation is 1. The summed E-state index contributed by atoms with van der Waals surface area (Å²) in [6, 6.07) is 6.75. The van der Waals surface area contributed by atoms with Crippen LogP contribution in [0.5, 0.6) is 0 Å². The summed E-state index contributed by atoms with van der Waals surface area (Å²) >= 11 is 0. The fraction of sp³-hybridized carbons (Fsp3) is 0.467. The van der Waals surface area contributed by atoms with E-state index in [-0.39, 0.29) is 24.8 Å². The standard InChI is InChI=1S/C15H22N2O3/c1-10(2)14(16)15(20)17(9-8-13(18)19)12-6-4-11(3)5-7-12/h4-7,10,14H,8-9,16H2,1-3H3,(H,18,19)/t14-/m1/s1. The van der Waals surface area contributed by atoms with Crippen LogP contribution in [0, 0.1) is 12.8 Å². The van der Waals surface area contributed by atoms with Crippen LogP contribution in [0.25, 0.3) is 0 Å². The molecule has 1 atom stereocenters. The third-order valence-electron chi connectivity index (χ3n) is 3.16. The van der Waals surface area contributed by atoms with Gasteiger partial charge in [0, 0.05) is 12.2 Å². The summed E-state index contributed by atoms with van der Waals surface area (Å²) in [5, 5.41) is 8.81. The molecule has 20 heavy (non-hydrogen) atoms. The first-order chi connectivity index (χ1) is 9.32. The van der Waals surface area contributed by atoms with Crippen molar-refractivity contribution < 1.29 is 14.7 Å². The maximum absolute atomic E-state index is 12.4. The number of hydrogen-bond donors (Lipinski definition) is 2. The highest BCUT2D eigenvalue weighted by molar-refractivity contribution is 5.97. The Morgan fingerprint density at radius 3 is 2.25 bits per heavy atom. The third-order valence-corrected chi connectivity index (χ3v) is 3.16. The van der Waals surface area contributed by atoms with Gasteiger partial charge in [-0.25, -0.2) is 0 Å². The van der Waals surface area contributed by atoms with E-state index < -0.39 is 12.0 Å². The predicted octanol–water partition coefficient (Wildman–Crippen LogP) is 1.79. The number of aliphatic carboxylic acids is 1. The average molecular weight is 278 g/mol. The fourth-order valence-electron chi connectivity index (χ4n) is 1.76. The Labute approximate surface area is 119 Å². The SMILES string of the molecule is Cc1ccc(N(CCC(=O)O)C(=O)[C@H](N)C(C)C)cc1. The molecule has 3 N–H and O–H groups in total. The normalized spacial score (nSPS) is 12.2. The van der Waals surface area contributed by atoms with Crippen LogP contribution in [-0.4, -0.2) is 29.6 Å². The number of carbonyl (C=O) groups is 2. The Bertz CT molecular complexity index is 469. The van der Waals surface area contributed by atoms with Gasteiger partial charge in [0.05, 0.1) is 12.5 Å². The number of nitrogens with zero attached hydrogens (tertiary/aromatic N) is 1. The van der Waals surface area contributed by atoms with Gasteiger partial charge >= 0.3 is 5.97 Å². The van der Waals surface area contributed by atoms with Crippen molar-refractivity contribution >= 4 is 17.6 Å². The van der Waals surface area contributed by atoms with Crippen LogP contribution in [-0.2, 0) is 9.59 Å². The fourth-order valence-corrected chi connectivity index (χ4v) is 1.76. The summed E-state index contributed by atoms with van der Waals surface area (Å²) in [4.78, 5) is 24.6. The lowest BCUT2D eigenvalue weighted by Crippen LogP contribution is -2.47. The molecule has 0 saturated heterocycles. The summed E-state index contributed by atoms with van der Waals surface area (Å²) in [7, 11) is 0. The minimum Gasteiger partial charge on any atom is -0.481 e.